The highest BCUT2D eigenvalue weighted by Crippen LogP contribution is 2.47. The van der Waals surface area contributed by atoms with Gasteiger partial charge in [-0.2, -0.15) is 0 Å². The Labute approximate surface area is 131 Å². The van der Waals surface area contributed by atoms with Gasteiger partial charge in [-0.15, -0.1) is 11.3 Å². The molecule has 0 aliphatic heterocycles. The third-order valence-electron chi connectivity index (χ3n) is 3.14. The highest BCUT2D eigenvalue weighted by Gasteiger charge is 2.23. The van der Waals surface area contributed by atoms with Crippen molar-refractivity contribution in [1.29, 1.82) is 0 Å². The molecule has 0 saturated heterocycles. The SMILES string of the molecule is COc1ccc(C(Br)c2sccc2C)c(OC)c1OC. The maximum absolute atomic E-state index is 5.54. The molecule has 0 radical (unpaired) electrons. The van der Waals surface area contributed by atoms with Crippen LogP contribution in [0.2, 0.25) is 0 Å². The molecular formula is C15H17BrO3S. The van der Waals surface area contributed by atoms with E-state index in [1.54, 1.807) is 32.7 Å². The number of alkyl halides is 1. The van der Waals surface area contributed by atoms with Gasteiger partial charge in [0.15, 0.2) is 11.5 Å². The fourth-order valence-corrected chi connectivity index (χ4v) is 4.07. The molecule has 0 saturated carbocycles. The lowest BCUT2D eigenvalue weighted by atomic mass is 10.1. The second-order valence-electron chi connectivity index (χ2n) is 4.25. The minimum absolute atomic E-state index is 0.0669. The van der Waals surface area contributed by atoms with Crippen LogP contribution in [0.25, 0.3) is 0 Å². The lowest BCUT2D eigenvalue weighted by Gasteiger charge is -2.18. The quantitative estimate of drug-likeness (QED) is 0.734. The van der Waals surface area contributed by atoms with E-state index in [2.05, 4.69) is 34.3 Å². The Kier molecular flexibility index (Phi) is 4.94. The Bertz CT molecular complexity index is 595. The summed E-state index contributed by atoms with van der Waals surface area (Å²) in [6.07, 6.45) is 0. The Balaban J connectivity index is 2.54. The summed E-state index contributed by atoms with van der Waals surface area (Å²) < 4.78 is 16.3. The first-order chi connectivity index (χ1) is 9.63. The van der Waals surface area contributed by atoms with Crippen LogP contribution in [0.1, 0.15) is 20.8 Å². The van der Waals surface area contributed by atoms with Crippen molar-refractivity contribution in [2.75, 3.05) is 21.3 Å². The first-order valence-corrected chi connectivity index (χ1v) is 7.90. The molecule has 2 rings (SSSR count). The van der Waals surface area contributed by atoms with E-state index in [4.69, 9.17) is 14.2 Å². The minimum Gasteiger partial charge on any atom is -0.493 e. The zero-order chi connectivity index (χ0) is 14.7. The molecule has 3 nitrogen and oxygen atoms in total. The summed E-state index contributed by atoms with van der Waals surface area (Å²) in [6, 6.07) is 6.01. The van der Waals surface area contributed by atoms with Crippen LogP contribution in [0.4, 0.5) is 0 Å². The van der Waals surface area contributed by atoms with Gasteiger partial charge in [0.25, 0.3) is 0 Å². The summed E-state index contributed by atoms with van der Waals surface area (Å²) in [6.45, 7) is 2.10. The maximum Gasteiger partial charge on any atom is 0.203 e. The van der Waals surface area contributed by atoms with Gasteiger partial charge in [0.05, 0.1) is 26.2 Å². The summed E-state index contributed by atoms with van der Waals surface area (Å²) >= 11 is 5.48. The summed E-state index contributed by atoms with van der Waals surface area (Å²) in [5, 5.41) is 2.09. The monoisotopic (exact) mass is 356 g/mol. The van der Waals surface area contributed by atoms with Crippen molar-refractivity contribution in [3.63, 3.8) is 0 Å². The summed E-state index contributed by atoms with van der Waals surface area (Å²) in [5.74, 6) is 1.98. The molecule has 108 valence electrons. The molecule has 0 spiro atoms. The molecule has 0 aliphatic carbocycles. The molecular weight excluding hydrogens is 340 g/mol. The second-order valence-corrected chi connectivity index (χ2v) is 6.12. The van der Waals surface area contributed by atoms with E-state index in [1.807, 2.05) is 12.1 Å². The van der Waals surface area contributed by atoms with Crippen molar-refractivity contribution in [1.82, 2.24) is 0 Å². The third-order valence-corrected chi connectivity index (χ3v) is 5.48. The first kappa shape index (κ1) is 15.2. The number of hydrogen-bond donors (Lipinski definition) is 0. The summed E-state index contributed by atoms with van der Waals surface area (Å²) in [4.78, 5) is 1.33. The van der Waals surface area contributed by atoms with E-state index in [1.165, 1.54) is 10.4 Å². The summed E-state index contributed by atoms with van der Waals surface area (Å²) in [5.41, 5.74) is 2.28. The Morgan fingerprint density at radius 3 is 2.20 bits per heavy atom. The van der Waals surface area contributed by atoms with E-state index < -0.39 is 0 Å². The number of methoxy groups -OCH3 is 3. The largest absolute Gasteiger partial charge is 0.493 e. The molecule has 20 heavy (non-hydrogen) atoms. The maximum atomic E-state index is 5.54. The average molecular weight is 357 g/mol. The van der Waals surface area contributed by atoms with Gasteiger partial charge in [-0.1, -0.05) is 15.9 Å². The van der Waals surface area contributed by atoms with E-state index in [-0.39, 0.29) is 4.83 Å². The third kappa shape index (κ3) is 2.65. The van der Waals surface area contributed by atoms with Crippen molar-refractivity contribution in [2.24, 2.45) is 0 Å². The molecule has 1 heterocycles. The fourth-order valence-electron chi connectivity index (χ4n) is 2.11. The molecule has 5 heteroatoms. The van der Waals surface area contributed by atoms with E-state index in [9.17, 15) is 0 Å². The van der Waals surface area contributed by atoms with Crippen LogP contribution in [-0.4, -0.2) is 21.3 Å². The van der Waals surface area contributed by atoms with Gasteiger partial charge >= 0.3 is 0 Å². The van der Waals surface area contributed by atoms with Gasteiger partial charge in [-0.05, 0) is 36.1 Å². The van der Waals surface area contributed by atoms with Crippen molar-refractivity contribution in [3.8, 4) is 17.2 Å². The molecule has 1 aromatic heterocycles. The zero-order valence-corrected chi connectivity index (χ0v) is 14.3. The number of ether oxygens (including phenoxy) is 3. The van der Waals surface area contributed by atoms with Crippen LogP contribution in [-0.2, 0) is 0 Å². The second kappa shape index (κ2) is 6.50. The van der Waals surface area contributed by atoms with Crippen molar-refractivity contribution in [3.05, 3.63) is 39.6 Å². The predicted molar refractivity (Wildman–Crippen MR) is 85.9 cm³/mol. The van der Waals surface area contributed by atoms with Gasteiger partial charge in [0, 0.05) is 10.4 Å². The first-order valence-electron chi connectivity index (χ1n) is 6.11. The van der Waals surface area contributed by atoms with Crippen molar-refractivity contribution >= 4 is 27.3 Å². The smallest absolute Gasteiger partial charge is 0.203 e. The normalized spacial score (nSPS) is 12.1. The topological polar surface area (TPSA) is 27.7 Å². The Hall–Kier alpha value is -1.20. The zero-order valence-electron chi connectivity index (χ0n) is 11.9. The highest BCUT2D eigenvalue weighted by atomic mass is 79.9. The van der Waals surface area contributed by atoms with Crippen molar-refractivity contribution in [2.45, 2.75) is 11.8 Å². The van der Waals surface area contributed by atoms with Crippen LogP contribution in [0.15, 0.2) is 23.6 Å². The number of thiophene rings is 1. The molecule has 0 fully saturated rings. The van der Waals surface area contributed by atoms with E-state index in [0.717, 1.165) is 5.56 Å². The molecule has 0 amide bonds. The Morgan fingerprint density at radius 1 is 1.00 bits per heavy atom. The van der Waals surface area contributed by atoms with Crippen LogP contribution in [0.5, 0.6) is 17.2 Å². The van der Waals surface area contributed by atoms with E-state index in [0.29, 0.717) is 17.2 Å². The number of benzene rings is 1. The standard InChI is InChI=1S/C15H17BrO3S/c1-9-7-8-20-15(9)12(16)10-5-6-11(17-2)14(19-4)13(10)18-3/h5-8,12H,1-4H3. The van der Waals surface area contributed by atoms with Crippen molar-refractivity contribution < 1.29 is 14.2 Å². The Morgan fingerprint density at radius 2 is 1.70 bits per heavy atom. The molecule has 0 aliphatic rings. The number of rotatable bonds is 5. The summed E-state index contributed by atoms with van der Waals surface area (Å²) in [7, 11) is 4.87. The molecule has 1 aromatic carbocycles. The van der Waals surface area contributed by atoms with Crippen LogP contribution < -0.4 is 14.2 Å². The van der Waals surface area contributed by atoms with Crippen LogP contribution >= 0.6 is 27.3 Å². The number of halogens is 1. The molecule has 0 bridgehead atoms. The lowest BCUT2D eigenvalue weighted by Crippen LogP contribution is -2.01. The molecule has 2 aromatic rings. The molecule has 1 unspecified atom stereocenters. The van der Waals surface area contributed by atoms with Gasteiger partial charge in [0.1, 0.15) is 0 Å². The molecule has 1 atom stereocenters. The average Bonchev–Trinajstić information content (AvgIpc) is 2.90. The predicted octanol–water partition coefficient (Wildman–Crippen LogP) is 4.57. The number of hydrogen-bond acceptors (Lipinski definition) is 4. The fraction of sp³-hybridized carbons (Fsp3) is 0.333. The molecule has 0 N–H and O–H groups in total. The van der Waals surface area contributed by atoms with Gasteiger partial charge in [0.2, 0.25) is 5.75 Å². The van der Waals surface area contributed by atoms with Crippen LogP contribution in [0.3, 0.4) is 0 Å². The van der Waals surface area contributed by atoms with Crippen LogP contribution in [0, 0.1) is 6.92 Å². The van der Waals surface area contributed by atoms with Gasteiger partial charge < -0.3 is 14.2 Å². The van der Waals surface area contributed by atoms with Gasteiger partial charge in [-0.3, -0.25) is 0 Å². The lowest BCUT2D eigenvalue weighted by molar-refractivity contribution is 0.322. The minimum atomic E-state index is 0.0669. The van der Waals surface area contributed by atoms with Gasteiger partial charge in [-0.25, -0.2) is 0 Å². The number of aryl methyl sites for hydroxylation is 1. The highest BCUT2D eigenvalue weighted by molar-refractivity contribution is 9.09. The van der Waals surface area contributed by atoms with E-state index >= 15 is 0 Å².